The maximum absolute atomic E-state index is 12.2. The summed E-state index contributed by atoms with van der Waals surface area (Å²) in [5, 5.41) is 6.72. The minimum atomic E-state index is -3.69. The van der Waals surface area contributed by atoms with Crippen molar-refractivity contribution in [2.75, 3.05) is 17.1 Å². The quantitative estimate of drug-likeness (QED) is 0.829. The van der Waals surface area contributed by atoms with Crippen LogP contribution in [-0.4, -0.2) is 35.2 Å². The third-order valence-corrected chi connectivity index (χ3v) is 3.76. The summed E-state index contributed by atoms with van der Waals surface area (Å²) in [6, 6.07) is 0. The molecule has 0 aliphatic carbocycles. The van der Waals surface area contributed by atoms with Crippen LogP contribution in [0, 0.1) is 0 Å². The minimum absolute atomic E-state index is 0.0975. The standard InChI is InChI=1S/C10H14N6O2S/c1-3-16-6-8(4-14-16)19(17,18)15-9-5-12-7-13-10(9)11-2/h4-7,15H,3H2,1-2H3,(H,11,12,13). The maximum atomic E-state index is 12.2. The molecule has 19 heavy (non-hydrogen) atoms. The summed E-state index contributed by atoms with van der Waals surface area (Å²) in [5.41, 5.74) is 0.286. The van der Waals surface area contributed by atoms with Gasteiger partial charge < -0.3 is 5.32 Å². The monoisotopic (exact) mass is 282 g/mol. The highest BCUT2D eigenvalue weighted by atomic mass is 32.2. The lowest BCUT2D eigenvalue weighted by atomic mass is 10.5. The van der Waals surface area contributed by atoms with Crippen molar-refractivity contribution in [2.45, 2.75) is 18.4 Å². The Morgan fingerprint density at radius 3 is 2.79 bits per heavy atom. The molecule has 0 unspecified atom stereocenters. The minimum Gasteiger partial charge on any atom is -0.371 e. The van der Waals surface area contributed by atoms with Crippen molar-refractivity contribution in [1.82, 2.24) is 19.7 Å². The van der Waals surface area contributed by atoms with Gasteiger partial charge in [-0.25, -0.2) is 18.4 Å². The Morgan fingerprint density at radius 1 is 1.37 bits per heavy atom. The number of hydrogen-bond acceptors (Lipinski definition) is 6. The smallest absolute Gasteiger partial charge is 0.265 e. The first kappa shape index (κ1) is 13.3. The molecule has 0 spiro atoms. The van der Waals surface area contributed by atoms with Gasteiger partial charge in [0.2, 0.25) is 0 Å². The molecule has 0 aliphatic heterocycles. The molecule has 0 saturated carbocycles. The Morgan fingerprint density at radius 2 is 2.16 bits per heavy atom. The summed E-state index contributed by atoms with van der Waals surface area (Å²) in [6.07, 6.45) is 5.49. The largest absolute Gasteiger partial charge is 0.371 e. The van der Waals surface area contributed by atoms with Crippen LogP contribution in [0.2, 0.25) is 0 Å². The normalized spacial score (nSPS) is 11.3. The van der Waals surface area contributed by atoms with E-state index in [2.05, 4.69) is 25.1 Å². The van der Waals surface area contributed by atoms with E-state index in [4.69, 9.17) is 0 Å². The predicted octanol–water partition coefficient (Wildman–Crippen LogP) is 0.535. The lowest BCUT2D eigenvalue weighted by Gasteiger charge is -2.09. The first-order valence-electron chi connectivity index (χ1n) is 5.60. The van der Waals surface area contributed by atoms with Crippen molar-refractivity contribution in [1.29, 1.82) is 0 Å². The summed E-state index contributed by atoms with van der Waals surface area (Å²) in [5.74, 6) is 0.404. The van der Waals surface area contributed by atoms with Crippen molar-refractivity contribution in [2.24, 2.45) is 0 Å². The van der Waals surface area contributed by atoms with Crippen LogP contribution < -0.4 is 10.0 Å². The highest BCUT2D eigenvalue weighted by Gasteiger charge is 2.18. The average Bonchev–Trinajstić information content (AvgIpc) is 2.88. The van der Waals surface area contributed by atoms with Crippen molar-refractivity contribution in [3.05, 3.63) is 24.9 Å². The van der Waals surface area contributed by atoms with Crippen molar-refractivity contribution < 1.29 is 8.42 Å². The van der Waals surface area contributed by atoms with Crippen LogP contribution in [0.4, 0.5) is 11.5 Å². The first-order chi connectivity index (χ1) is 9.06. The van der Waals surface area contributed by atoms with Gasteiger partial charge in [0.05, 0.1) is 12.4 Å². The van der Waals surface area contributed by atoms with Crippen molar-refractivity contribution >= 4 is 21.5 Å². The number of aryl methyl sites for hydroxylation is 1. The number of nitrogens with one attached hydrogen (secondary N) is 2. The first-order valence-corrected chi connectivity index (χ1v) is 7.08. The molecule has 2 aromatic heterocycles. The van der Waals surface area contributed by atoms with E-state index in [-0.39, 0.29) is 10.6 Å². The molecule has 2 heterocycles. The SMILES string of the molecule is CCn1cc(S(=O)(=O)Nc2cncnc2NC)cn1. The summed E-state index contributed by atoms with van der Waals surface area (Å²) in [4.78, 5) is 7.82. The Bertz CT molecular complexity index is 666. The number of hydrogen-bond donors (Lipinski definition) is 2. The Balaban J connectivity index is 2.31. The van der Waals surface area contributed by atoms with Gasteiger partial charge in [0.1, 0.15) is 16.9 Å². The van der Waals surface area contributed by atoms with E-state index in [1.807, 2.05) is 6.92 Å². The van der Waals surface area contributed by atoms with E-state index in [1.54, 1.807) is 7.05 Å². The molecule has 8 nitrogen and oxygen atoms in total. The zero-order valence-corrected chi connectivity index (χ0v) is 11.3. The number of sulfonamides is 1. The van der Waals surface area contributed by atoms with Crippen LogP contribution in [0.3, 0.4) is 0 Å². The molecule has 0 bridgehead atoms. The Labute approximate surface area is 110 Å². The number of rotatable bonds is 5. The molecule has 2 aromatic rings. The van der Waals surface area contributed by atoms with Gasteiger partial charge in [-0.1, -0.05) is 0 Å². The van der Waals surface area contributed by atoms with E-state index in [9.17, 15) is 8.42 Å². The van der Waals surface area contributed by atoms with Gasteiger partial charge in [-0.05, 0) is 6.92 Å². The lowest BCUT2D eigenvalue weighted by Crippen LogP contribution is -2.14. The van der Waals surface area contributed by atoms with Crippen LogP contribution in [-0.2, 0) is 16.6 Å². The van der Waals surface area contributed by atoms with E-state index < -0.39 is 10.0 Å². The molecule has 102 valence electrons. The number of aromatic nitrogens is 4. The van der Waals surface area contributed by atoms with E-state index in [1.165, 1.54) is 29.6 Å². The molecule has 0 atom stereocenters. The fourth-order valence-electron chi connectivity index (χ4n) is 1.46. The van der Waals surface area contributed by atoms with Crippen LogP contribution in [0.5, 0.6) is 0 Å². The molecular weight excluding hydrogens is 268 g/mol. The zero-order chi connectivity index (χ0) is 13.9. The third kappa shape index (κ3) is 2.81. The molecule has 0 aliphatic rings. The number of nitrogens with zero attached hydrogens (tertiary/aromatic N) is 4. The van der Waals surface area contributed by atoms with Crippen molar-refractivity contribution in [3.63, 3.8) is 0 Å². The Hall–Kier alpha value is -2.16. The topological polar surface area (TPSA) is 102 Å². The van der Waals surface area contributed by atoms with Crippen LogP contribution in [0.15, 0.2) is 29.8 Å². The van der Waals surface area contributed by atoms with E-state index >= 15 is 0 Å². The van der Waals surface area contributed by atoms with Gasteiger partial charge in [-0.2, -0.15) is 5.10 Å². The molecule has 0 radical (unpaired) electrons. The molecule has 9 heteroatoms. The summed E-state index contributed by atoms with van der Waals surface area (Å²) in [6.45, 7) is 2.48. The summed E-state index contributed by atoms with van der Waals surface area (Å²) >= 11 is 0. The molecule has 0 saturated heterocycles. The molecular formula is C10H14N6O2S. The van der Waals surface area contributed by atoms with E-state index in [0.717, 1.165) is 0 Å². The van der Waals surface area contributed by atoms with Crippen LogP contribution in [0.25, 0.3) is 0 Å². The van der Waals surface area contributed by atoms with Crippen LogP contribution in [0.1, 0.15) is 6.92 Å². The molecule has 0 aromatic carbocycles. The van der Waals surface area contributed by atoms with Gasteiger partial charge in [-0.15, -0.1) is 0 Å². The fourth-order valence-corrected chi connectivity index (χ4v) is 2.47. The van der Waals surface area contributed by atoms with Gasteiger partial charge >= 0.3 is 0 Å². The number of anilines is 2. The highest BCUT2D eigenvalue weighted by molar-refractivity contribution is 7.92. The zero-order valence-electron chi connectivity index (χ0n) is 10.5. The fraction of sp³-hybridized carbons (Fsp3) is 0.300. The van der Waals surface area contributed by atoms with Crippen molar-refractivity contribution in [3.8, 4) is 0 Å². The molecule has 2 N–H and O–H groups in total. The molecule has 2 rings (SSSR count). The predicted molar refractivity (Wildman–Crippen MR) is 70.3 cm³/mol. The van der Waals surface area contributed by atoms with Gasteiger partial charge in [0, 0.05) is 19.8 Å². The lowest BCUT2D eigenvalue weighted by molar-refractivity contribution is 0.600. The third-order valence-electron chi connectivity index (χ3n) is 2.44. The summed E-state index contributed by atoms with van der Waals surface area (Å²) in [7, 11) is -2.04. The van der Waals surface area contributed by atoms with Gasteiger partial charge in [0.15, 0.2) is 5.82 Å². The second-order valence-corrected chi connectivity index (χ2v) is 5.35. The Kier molecular flexibility index (Phi) is 3.65. The summed E-state index contributed by atoms with van der Waals surface area (Å²) < 4.78 is 28.3. The van der Waals surface area contributed by atoms with E-state index in [0.29, 0.717) is 12.4 Å². The highest BCUT2D eigenvalue weighted by Crippen LogP contribution is 2.20. The second kappa shape index (κ2) is 5.22. The average molecular weight is 282 g/mol. The molecule has 0 amide bonds. The van der Waals surface area contributed by atoms with Gasteiger partial charge in [0.25, 0.3) is 10.0 Å². The van der Waals surface area contributed by atoms with Gasteiger partial charge in [-0.3, -0.25) is 9.40 Å². The van der Waals surface area contributed by atoms with Crippen LogP contribution >= 0.6 is 0 Å². The second-order valence-electron chi connectivity index (χ2n) is 3.67. The molecule has 0 fully saturated rings. The maximum Gasteiger partial charge on any atom is 0.265 e.